The first-order valence-electron chi connectivity index (χ1n) is 5.81. The number of ether oxygens (including phenoxy) is 1. The van der Waals surface area contributed by atoms with Crippen molar-refractivity contribution in [1.82, 2.24) is 0 Å². The number of furan rings is 1. The lowest BCUT2D eigenvalue weighted by molar-refractivity contribution is 0.0442. The van der Waals surface area contributed by atoms with Crippen LogP contribution in [0.3, 0.4) is 0 Å². The first kappa shape index (κ1) is 13.2. The predicted octanol–water partition coefficient (Wildman–Crippen LogP) is 4.20. The highest BCUT2D eigenvalue weighted by molar-refractivity contribution is 9.10. The average molecular weight is 352 g/mol. The zero-order valence-electron chi connectivity index (χ0n) is 10.3. The molecule has 1 aromatic carbocycles. The number of carbonyl (C=O) groups is 1. The van der Waals surface area contributed by atoms with Crippen LogP contribution in [0, 0.1) is 0 Å². The summed E-state index contributed by atoms with van der Waals surface area (Å²) >= 11 is 4.91. The average Bonchev–Trinajstić information content (AvgIpc) is 3.01. The Hall–Kier alpha value is -1.79. The number of esters is 1. The van der Waals surface area contributed by atoms with Crippen molar-refractivity contribution >= 4 is 49.9 Å². The van der Waals surface area contributed by atoms with Crippen LogP contribution in [0.2, 0.25) is 0 Å². The number of hydrogen-bond donors (Lipinski definition) is 1. The van der Waals surface area contributed by atoms with E-state index >= 15 is 0 Å². The van der Waals surface area contributed by atoms with E-state index in [4.69, 9.17) is 14.9 Å². The molecule has 0 saturated heterocycles. The minimum atomic E-state index is -0.486. The van der Waals surface area contributed by atoms with E-state index in [0.29, 0.717) is 11.3 Å². The van der Waals surface area contributed by atoms with E-state index in [1.807, 2.05) is 11.4 Å². The summed E-state index contributed by atoms with van der Waals surface area (Å²) in [5.74, 6) is -0.307. The highest BCUT2D eigenvalue weighted by atomic mass is 79.9. The van der Waals surface area contributed by atoms with Crippen molar-refractivity contribution in [3.05, 3.63) is 50.8 Å². The van der Waals surface area contributed by atoms with Crippen molar-refractivity contribution in [2.24, 2.45) is 0 Å². The quantitative estimate of drug-likeness (QED) is 0.567. The van der Waals surface area contributed by atoms with Gasteiger partial charge in [0.05, 0.1) is 4.88 Å². The van der Waals surface area contributed by atoms with Crippen LogP contribution >= 0.6 is 27.3 Å². The third kappa shape index (κ3) is 2.57. The second-order valence-corrected chi connectivity index (χ2v) is 6.03. The van der Waals surface area contributed by atoms with Gasteiger partial charge in [-0.15, -0.1) is 11.3 Å². The van der Waals surface area contributed by atoms with Gasteiger partial charge < -0.3 is 14.9 Å². The molecule has 0 aliphatic carbocycles. The van der Waals surface area contributed by atoms with Crippen LogP contribution in [0.1, 0.15) is 15.4 Å². The number of benzene rings is 1. The van der Waals surface area contributed by atoms with E-state index in [9.17, 15) is 4.79 Å². The first-order chi connectivity index (χ1) is 9.63. The smallest absolute Gasteiger partial charge is 0.374 e. The predicted molar refractivity (Wildman–Crippen MR) is 81.8 cm³/mol. The molecule has 3 aromatic rings. The van der Waals surface area contributed by atoms with E-state index in [0.717, 1.165) is 14.7 Å². The Labute approximate surface area is 127 Å². The molecule has 6 heteroatoms. The largest absolute Gasteiger partial charge is 0.454 e. The van der Waals surface area contributed by atoms with Crippen LogP contribution < -0.4 is 5.73 Å². The molecule has 0 aliphatic rings. The van der Waals surface area contributed by atoms with Gasteiger partial charge in [0, 0.05) is 15.5 Å². The number of rotatable bonds is 3. The first-order valence-corrected chi connectivity index (χ1v) is 7.49. The Morgan fingerprint density at radius 3 is 2.95 bits per heavy atom. The summed E-state index contributed by atoms with van der Waals surface area (Å²) in [4.78, 5) is 12.9. The van der Waals surface area contributed by atoms with Gasteiger partial charge >= 0.3 is 5.97 Å². The summed E-state index contributed by atoms with van der Waals surface area (Å²) in [6.07, 6.45) is 0. The lowest BCUT2D eigenvalue weighted by Crippen LogP contribution is -2.03. The summed E-state index contributed by atoms with van der Waals surface area (Å²) in [7, 11) is 0. The molecule has 2 N–H and O–H groups in total. The molecular weight excluding hydrogens is 342 g/mol. The normalized spacial score (nSPS) is 10.8. The lowest BCUT2D eigenvalue weighted by atomic mass is 10.2. The summed E-state index contributed by atoms with van der Waals surface area (Å²) in [6, 6.07) is 8.77. The molecule has 0 saturated carbocycles. The van der Waals surface area contributed by atoms with E-state index in [1.165, 1.54) is 11.3 Å². The summed E-state index contributed by atoms with van der Waals surface area (Å²) in [5, 5.41) is 2.71. The number of carbonyl (C=O) groups excluding carboxylic acids is 1. The van der Waals surface area contributed by atoms with Crippen LogP contribution in [-0.4, -0.2) is 5.97 Å². The second-order valence-electron chi connectivity index (χ2n) is 4.18. The van der Waals surface area contributed by atoms with Crippen molar-refractivity contribution in [2.75, 3.05) is 5.73 Å². The van der Waals surface area contributed by atoms with E-state index in [1.54, 1.807) is 24.3 Å². The molecular formula is C14H10BrNO3S. The van der Waals surface area contributed by atoms with Gasteiger partial charge in [0.25, 0.3) is 0 Å². The van der Waals surface area contributed by atoms with Crippen molar-refractivity contribution < 1.29 is 13.9 Å². The summed E-state index contributed by atoms with van der Waals surface area (Å²) < 4.78 is 11.6. The van der Waals surface area contributed by atoms with E-state index < -0.39 is 5.97 Å². The molecule has 2 aromatic heterocycles. The Morgan fingerprint density at radius 2 is 2.20 bits per heavy atom. The van der Waals surface area contributed by atoms with Crippen LogP contribution in [-0.2, 0) is 11.3 Å². The molecule has 0 bridgehead atoms. The van der Waals surface area contributed by atoms with Crippen LogP contribution in [0.25, 0.3) is 11.0 Å². The number of anilines is 1. The van der Waals surface area contributed by atoms with E-state index in [2.05, 4.69) is 15.9 Å². The topological polar surface area (TPSA) is 65.5 Å². The molecule has 102 valence electrons. The van der Waals surface area contributed by atoms with Crippen LogP contribution in [0.4, 0.5) is 5.69 Å². The minimum absolute atomic E-state index is 0.179. The fourth-order valence-corrected chi connectivity index (χ4v) is 3.17. The van der Waals surface area contributed by atoms with E-state index in [-0.39, 0.29) is 12.4 Å². The number of halogens is 1. The SMILES string of the molecule is Nc1ccc2oc(C(=O)OCc3sccc3Br)cc2c1. The van der Waals surface area contributed by atoms with Crippen molar-refractivity contribution in [3.8, 4) is 0 Å². The Morgan fingerprint density at radius 1 is 1.35 bits per heavy atom. The van der Waals surface area contributed by atoms with Crippen molar-refractivity contribution in [3.63, 3.8) is 0 Å². The maximum Gasteiger partial charge on any atom is 0.374 e. The monoisotopic (exact) mass is 351 g/mol. The fraction of sp³-hybridized carbons (Fsp3) is 0.0714. The van der Waals surface area contributed by atoms with Gasteiger partial charge in [-0.25, -0.2) is 4.79 Å². The zero-order chi connectivity index (χ0) is 14.1. The molecule has 0 unspecified atom stereocenters. The zero-order valence-corrected chi connectivity index (χ0v) is 12.7. The van der Waals surface area contributed by atoms with Gasteiger partial charge in [-0.05, 0) is 51.6 Å². The van der Waals surface area contributed by atoms with Crippen LogP contribution in [0.15, 0.2) is 44.6 Å². The molecule has 20 heavy (non-hydrogen) atoms. The number of thiophene rings is 1. The summed E-state index contributed by atoms with van der Waals surface area (Å²) in [5.41, 5.74) is 6.93. The maximum absolute atomic E-state index is 11.9. The molecule has 0 fully saturated rings. The summed E-state index contributed by atoms with van der Waals surface area (Å²) in [6.45, 7) is 0.219. The van der Waals surface area contributed by atoms with Gasteiger partial charge in [-0.1, -0.05) is 0 Å². The minimum Gasteiger partial charge on any atom is -0.454 e. The molecule has 0 spiro atoms. The molecule has 3 rings (SSSR count). The Balaban J connectivity index is 1.77. The molecule has 0 aliphatic heterocycles. The molecule has 0 radical (unpaired) electrons. The van der Waals surface area contributed by atoms with Crippen molar-refractivity contribution in [2.45, 2.75) is 6.61 Å². The third-order valence-electron chi connectivity index (χ3n) is 2.77. The molecule has 4 nitrogen and oxygen atoms in total. The second kappa shape index (κ2) is 5.30. The van der Waals surface area contributed by atoms with Gasteiger partial charge in [0.15, 0.2) is 0 Å². The number of nitrogen functional groups attached to an aromatic ring is 1. The molecule has 0 amide bonds. The standard InChI is InChI=1S/C14H10BrNO3S/c15-10-3-4-20-13(10)7-18-14(17)12-6-8-5-9(16)1-2-11(8)19-12/h1-6H,7,16H2. The number of fused-ring (bicyclic) bond motifs is 1. The lowest BCUT2D eigenvalue weighted by Gasteiger charge is -2.00. The van der Waals surface area contributed by atoms with Crippen molar-refractivity contribution in [1.29, 1.82) is 0 Å². The maximum atomic E-state index is 11.9. The number of hydrogen-bond acceptors (Lipinski definition) is 5. The van der Waals surface area contributed by atoms with Gasteiger partial charge in [-0.3, -0.25) is 0 Å². The Kier molecular flexibility index (Phi) is 3.50. The highest BCUT2D eigenvalue weighted by Gasteiger charge is 2.15. The molecule has 2 heterocycles. The van der Waals surface area contributed by atoms with Gasteiger partial charge in [0.1, 0.15) is 12.2 Å². The highest BCUT2D eigenvalue weighted by Crippen LogP contribution is 2.25. The van der Waals surface area contributed by atoms with Gasteiger partial charge in [-0.2, -0.15) is 0 Å². The third-order valence-corrected chi connectivity index (χ3v) is 4.67. The fourth-order valence-electron chi connectivity index (χ4n) is 1.79. The number of nitrogens with two attached hydrogens (primary N) is 1. The Bertz CT molecular complexity index is 778. The van der Waals surface area contributed by atoms with Crippen LogP contribution in [0.5, 0.6) is 0 Å². The van der Waals surface area contributed by atoms with Gasteiger partial charge in [0.2, 0.25) is 5.76 Å². The molecule has 0 atom stereocenters.